The van der Waals surface area contributed by atoms with Gasteiger partial charge < -0.3 is 10.4 Å². The van der Waals surface area contributed by atoms with Gasteiger partial charge in [0.1, 0.15) is 5.75 Å². The number of halogens is 1. The highest BCUT2D eigenvalue weighted by molar-refractivity contribution is 9.10. The Bertz CT molecular complexity index is 760. The number of hydrazone groups is 1. The number of carbonyl (C=O) groups is 1. The smallest absolute Gasteiger partial charge is 0.259 e. The molecule has 0 saturated carbocycles. The zero-order chi connectivity index (χ0) is 17.4. The molecule has 2 rings (SSSR count). The number of para-hydroxylation sites is 1. The number of phenols is 1. The molecule has 0 aliphatic carbocycles. The Labute approximate surface area is 149 Å². The van der Waals surface area contributed by atoms with E-state index in [1.807, 2.05) is 36.4 Å². The molecule has 3 N–H and O–H groups in total. The first-order valence-corrected chi connectivity index (χ1v) is 8.12. The molecule has 0 unspecified atom stereocenters. The van der Waals surface area contributed by atoms with E-state index in [2.05, 4.69) is 38.4 Å². The normalized spacial score (nSPS) is 10.5. The molecule has 0 aromatic heterocycles. The lowest BCUT2D eigenvalue weighted by Crippen LogP contribution is -2.25. The van der Waals surface area contributed by atoms with E-state index in [0.717, 1.165) is 15.7 Å². The van der Waals surface area contributed by atoms with Gasteiger partial charge in [-0.15, -0.1) is 6.58 Å². The molecule has 124 valence electrons. The molecule has 1 amide bonds. The Kier molecular flexibility index (Phi) is 6.57. The largest absolute Gasteiger partial charge is 0.507 e. The fraction of sp³-hybridized carbons (Fsp3) is 0.111. The number of hydrogen-bond donors (Lipinski definition) is 3. The van der Waals surface area contributed by atoms with Crippen molar-refractivity contribution in [2.75, 3.05) is 11.9 Å². The third kappa shape index (κ3) is 5.24. The van der Waals surface area contributed by atoms with Gasteiger partial charge in [0.25, 0.3) is 5.91 Å². The van der Waals surface area contributed by atoms with Crippen molar-refractivity contribution >= 4 is 33.7 Å². The summed E-state index contributed by atoms with van der Waals surface area (Å²) in [5, 5.41) is 17.0. The van der Waals surface area contributed by atoms with Crippen molar-refractivity contribution in [2.45, 2.75) is 6.42 Å². The number of rotatable bonds is 7. The van der Waals surface area contributed by atoms with E-state index in [9.17, 15) is 9.90 Å². The minimum absolute atomic E-state index is 0.0935. The molecule has 0 saturated heterocycles. The second kappa shape index (κ2) is 8.88. The van der Waals surface area contributed by atoms with Crippen molar-refractivity contribution in [3.63, 3.8) is 0 Å². The van der Waals surface area contributed by atoms with Gasteiger partial charge in [0, 0.05) is 15.7 Å². The second-order valence-electron chi connectivity index (χ2n) is 5.00. The van der Waals surface area contributed by atoms with E-state index in [0.29, 0.717) is 12.0 Å². The molecule has 24 heavy (non-hydrogen) atoms. The zero-order valence-corrected chi connectivity index (χ0v) is 14.6. The molecule has 6 heteroatoms. The fourth-order valence-corrected chi connectivity index (χ4v) is 2.43. The van der Waals surface area contributed by atoms with Crippen LogP contribution in [-0.2, 0) is 11.2 Å². The highest BCUT2D eigenvalue weighted by atomic mass is 79.9. The maximum atomic E-state index is 11.8. The Morgan fingerprint density at radius 1 is 1.29 bits per heavy atom. The van der Waals surface area contributed by atoms with E-state index >= 15 is 0 Å². The molecule has 0 heterocycles. The average molecular weight is 388 g/mol. The molecule has 0 radical (unpaired) electrons. The molecule has 2 aromatic carbocycles. The molecule has 0 aliphatic rings. The SMILES string of the molecule is C=CCc1cccc(/C=N\NC(=O)CNc2cccc(Br)c2)c1O. The summed E-state index contributed by atoms with van der Waals surface area (Å²) < 4.78 is 0.931. The Morgan fingerprint density at radius 3 is 2.83 bits per heavy atom. The number of hydrogen-bond acceptors (Lipinski definition) is 4. The predicted octanol–water partition coefficient (Wildman–Crippen LogP) is 3.45. The van der Waals surface area contributed by atoms with Gasteiger partial charge in [-0.25, -0.2) is 5.43 Å². The molecular formula is C18H18BrN3O2. The van der Waals surface area contributed by atoms with Crippen LogP contribution in [0.25, 0.3) is 0 Å². The fourth-order valence-electron chi connectivity index (χ4n) is 2.03. The van der Waals surface area contributed by atoms with E-state index in [-0.39, 0.29) is 18.2 Å². The highest BCUT2D eigenvalue weighted by Gasteiger charge is 2.04. The molecule has 5 nitrogen and oxygen atoms in total. The number of allylic oxidation sites excluding steroid dienone is 1. The minimum Gasteiger partial charge on any atom is -0.507 e. The first-order valence-electron chi connectivity index (χ1n) is 7.33. The van der Waals surface area contributed by atoms with Crippen LogP contribution >= 0.6 is 15.9 Å². The molecular weight excluding hydrogens is 370 g/mol. The third-order valence-electron chi connectivity index (χ3n) is 3.19. The summed E-state index contributed by atoms with van der Waals surface area (Å²) in [4.78, 5) is 11.8. The maximum Gasteiger partial charge on any atom is 0.259 e. The number of nitrogens with zero attached hydrogens (tertiary/aromatic N) is 1. The Balaban J connectivity index is 1.88. The van der Waals surface area contributed by atoms with Crippen molar-refractivity contribution in [3.05, 3.63) is 70.7 Å². The maximum absolute atomic E-state index is 11.8. The quantitative estimate of drug-likeness (QED) is 0.387. The Morgan fingerprint density at radius 2 is 2.08 bits per heavy atom. The summed E-state index contributed by atoms with van der Waals surface area (Å²) in [6.07, 6.45) is 3.70. The first-order chi connectivity index (χ1) is 11.6. The van der Waals surface area contributed by atoms with E-state index in [1.54, 1.807) is 12.1 Å². The standard InChI is InChI=1S/C18H18BrN3O2/c1-2-5-13-6-3-7-14(18(13)24)11-21-22-17(23)12-20-16-9-4-8-15(19)10-16/h2-4,6-11,20,24H,1,5,12H2,(H,22,23)/b21-11-. The van der Waals surface area contributed by atoms with Gasteiger partial charge in [-0.3, -0.25) is 4.79 Å². The molecule has 2 aromatic rings. The van der Waals surface area contributed by atoms with Gasteiger partial charge in [0.2, 0.25) is 0 Å². The highest BCUT2D eigenvalue weighted by Crippen LogP contribution is 2.21. The van der Waals surface area contributed by atoms with Crippen LogP contribution in [0.1, 0.15) is 11.1 Å². The van der Waals surface area contributed by atoms with E-state index < -0.39 is 0 Å². The van der Waals surface area contributed by atoms with Gasteiger partial charge in [0.15, 0.2) is 0 Å². The monoisotopic (exact) mass is 387 g/mol. The molecule has 0 spiro atoms. The van der Waals surface area contributed by atoms with Crippen LogP contribution in [0.15, 0.2) is 64.7 Å². The summed E-state index contributed by atoms with van der Waals surface area (Å²) in [6, 6.07) is 12.9. The third-order valence-corrected chi connectivity index (χ3v) is 3.68. The van der Waals surface area contributed by atoms with Crippen molar-refractivity contribution in [1.82, 2.24) is 5.43 Å². The van der Waals surface area contributed by atoms with Crippen LogP contribution in [0.2, 0.25) is 0 Å². The molecule has 0 atom stereocenters. The lowest BCUT2D eigenvalue weighted by molar-refractivity contribution is -0.119. The van der Waals surface area contributed by atoms with Gasteiger partial charge >= 0.3 is 0 Å². The van der Waals surface area contributed by atoms with Crippen LogP contribution in [0.5, 0.6) is 5.75 Å². The van der Waals surface area contributed by atoms with Crippen LogP contribution in [-0.4, -0.2) is 23.8 Å². The second-order valence-corrected chi connectivity index (χ2v) is 5.92. The number of amides is 1. The van der Waals surface area contributed by atoms with Crippen molar-refractivity contribution in [1.29, 1.82) is 0 Å². The average Bonchev–Trinajstić information content (AvgIpc) is 2.56. The number of carbonyl (C=O) groups excluding carboxylic acids is 1. The summed E-state index contributed by atoms with van der Waals surface area (Å²) in [7, 11) is 0. The van der Waals surface area contributed by atoms with Crippen LogP contribution in [0.3, 0.4) is 0 Å². The predicted molar refractivity (Wildman–Crippen MR) is 100 cm³/mol. The summed E-state index contributed by atoms with van der Waals surface area (Å²) in [6.45, 7) is 3.74. The zero-order valence-electron chi connectivity index (χ0n) is 13.0. The van der Waals surface area contributed by atoms with Crippen LogP contribution in [0.4, 0.5) is 5.69 Å². The lowest BCUT2D eigenvalue weighted by atomic mass is 10.1. The van der Waals surface area contributed by atoms with Gasteiger partial charge in [-0.2, -0.15) is 5.10 Å². The topological polar surface area (TPSA) is 73.7 Å². The van der Waals surface area contributed by atoms with Crippen LogP contribution in [0, 0.1) is 0 Å². The lowest BCUT2D eigenvalue weighted by Gasteiger charge is -2.06. The van der Waals surface area contributed by atoms with E-state index in [4.69, 9.17) is 0 Å². The summed E-state index contributed by atoms with van der Waals surface area (Å²) in [5.74, 6) is -0.143. The van der Waals surface area contributed by atoms with E-state index in [1.165, 1.54) is 6.21 Å². The number of benzene rings is 2. The number of phenolic OH excluding ortho intramolecular Hbond substituents is 1. The number of nitrogens with one attached hydrogen (secondary N) is 2. The number of anilines is 1. The minimum atomic E-state index is -0.284. The number of aromatic hydroxyl groups is 1. The van der Waals surface area contributed by atoms with Crippen molar-refractivity contribution < 1.29 is 9.90 Å². The Hall–Kier alpha value is -2.60. The molecule has 0 aliphatic heterocycles. The molecule has 0 bridgehead atoms. The van der Waals surface area contributed by atoms with Crippen LogP contribution < -0.4 is 10.7 Å². The van der Waals surface area contributed by atoms with Crippen molar-refractivity contribution in [2.24, 2.45) is 5.10 Å². The summed E-state index contributed by atoms with van der Waals surface area (Å²) >= 11 is 3.37. The molecule has 0 fully saturated rings. The van der Waals surface area contributed by atoms with Gasteiger partial charge in [0.05, 0.1) is 12.8 Å². The first kappa shape index (κ1) is 17.7. The summed E-state index contributed by atoms with van der Waals surface area (Å²) in [5.41, 5.74) is 4.55. The van der Waals surface area contributed by atoms with Gasteiger partial charge in [-0.1, -0.05) is 40.2 Å². The van der Waals surface area contributed by atoms with Crippen molar-refractivity contribution in [3.8, 4) is 5.75 Å². The van der Waals surface area contributed by atoms with Gasteiger partial charge in [-0.05, 0) is 36.2 Å².